The number of hydrogen-bond donors (Lipinski definition) is 2. The minimum absolute atomic E-state index is 0.0957. The zero-order valence-electron chi connectivity index (χ0n) is 16.9. The topological polar surface area (TPSA) is 68.7 Å². The zero-order chi connectivity index (χ0) is 21.5. The van der Waals surface area contributed by atoms with E-state index in [0.29, 0.717) is 39.6 Å². The molecule has 3 atom stereocenters. The average molecular weight is 467 g/mol. The number of anilines is 1. The molecule has 6 nitrogen and oxygen atoms in total. The van der Waals surface area contributed by atoms with Crippen LogP contribution in [-0.2, 0) is 16.7 Å². The summed E-state index contributed by atoms with van der Waals surface area (Å²) in [6, 6.07) is 11.5. The number of nitrogens with one attached hydrogen (secondary N) is 2. The van der Waals surface area contributed by atoms with Gasteiger partial charge in [0.25, 0.3) is 14.9 Å². The predicted octanol–water partition coefficient (Wildman–Crippen LogP) is 3.94. The van der Waals surface area contributed by atoms with Gasteiger partial charge in [-0.05, 0) is 42.9 Å². The lowest BCUT2D eigenvalue weighted by Crippen LogP contribution is -3.13. The molecule has 2 N–H and O–H groups in total. The maximum absolute atomic E-state index is 12.8. The molecule has 1 fully saturated rings. The molecule has 0 aliphatic carbocycles. The number of rotatable bonds is 5. The van der Waals surface area contributed by atoms with Crippen molar-refractivity contribution in [1.82, 2.24) is 4.57 Å². The Balaban J connectivity index is 1.63. The predicted molar refractivity (Wildman–Crippen MR) is 121 cm³/mol. The number of piperidine rings is 1. The number of hydrogen-bond acceptors (Lipinski definition) is 4. The maximum Gasteiger partial charge on any atom is 0.274 e. The summed E-state index contributed by atoms with van der Waals surface area (Å²) in [6.45, 7) is 7.46. The Bertz CT molecular complexity index is 1230. The molecule has 2 heterocycles. The van der Waals surface area contributed by atoms with Crippen LogP contribution in [0.4, 0.5) is 5.69 Å². The van der Waals surface area contributed by atoms with E-state index in [1.54, 1.807) is 36.4 Å². The number of fused-ring (bicyclic) bond motifs is 1. The Hall–Kier alpha value is -1.87. The maximum atomic E-state index is 12.8. The number of halogens is 1. The lowest BCUT2D eigenvalue weighted by molar-refractivity contribution is -0.934. The number of para-hydroxylation sites is 1. The van der Waals surface area contributed by atoms with E-state index in [0.717, 1.165) is 18.6 Å². The first-order chi connectivity index (χ1) is 14.2. The van der Waals surface area contributed by atoms with E-state index < -0.39 is 10.0 Å². The molecule has 4 rings (SSSR count). The summed E-state index contributed by atoms with van der Waals surface area (Å²) in [5.74, 6) is 1.34. The summed E-state index contributed by atoms with van der Waals surface area (Å²) in [4.78, 5) is 1.91. The minimum atomic E-state index is -3.82. The normalized spacial score (nSPS) is 22.3. The highest BCUT2D eigenvalue weighted by atomic mass is 35.5. The van der Waals surface area contributed by atoms with Crippen molar-refractivity contribution in [3.8, 4) is 0 Å². The second-order valence-electron chi connectivity index (χ2n) is 8.27. The van der Waals surface area contributed by atoms with Gasteiger partial charge in [-0.25, -0.2) is 8.42 Å². The van der Waals surface area contributed by atoms with Crippen LogP contribution in [-0.4, -0.2) is 26.1 Å². The highest BCUT2D eigenvalue weighted by molar-refractivity contribution is 7.92. The van der Waals surface area contributed by atoms with Crippen LogP contribution in [0, 0.1) is 16.7 Å². The molecule has 0 saturated carbocycles. The third-order valence-electron chi connectivity index (χ3n) is 5.53. The van der Waals surface area contributed by atoms with E-state index >= 15 is 0 Å². The summed E-state index contributed by atoms with van der Waals surface area (Å²) in [7, 11) is -3.82. The van der Waals surface area contributed by atoms with Gasteiger partial charge in [-0.2, -0.15) is 0 Å². The van der Waals surface area contributed by atoms with Crippen molar-refractivity contribution in [3.63, 3.8) is 0 Å². The molecule has 1 unspecified atom stereocenters. The quantitative estimate of drug-likeness (QED) is 0.559. The summed E-state index contributed by atoms with van der Waals surface area (Å²) in [6.07, 6.45) is 1.25. The fraction of sp³-hybridized carbons (Fsp3) is 0.381. The molecule has 2 aromatic carbocycles. The number of sulfonamides is 1. The molecule has 1 aliphatic rings. The van der Waals surface area contributed by atoms with Gasteiger partial charge in [0.05, 0.1) is 34.2 Å². The summed E-state index contributed by atoms with van der Waals surface area (Å²) in [5.41, 5.74) is 1.59. The summed E-state index contributed by atoms with van der Waals surface area (Å²) >= 11 is 11.5. The lowest BCUT2D eigenvalue weighted by atomic mass is 9.92. The zero-order valence-corrected chi connectivity index (χ0v) is 19.3. The van der Waals surface area contributed by atoms with Crippen LogP contribution in [0.1, 0.15) is 20.3 Å². The van der Waals surface area contributed by atoms with E-state index in [4.69, 9.17) is 28.2 Å². The molecule has 0 radical (unpaired) electrons. The van der Waals surface area contributed by atoms with Crippen LogP contribution >= 0.6 is 23.8 Å². The highest BCUT2D eigenvalue weighted by Gasteiger charge is 2.26. The van der Waals surface area contributed by atoms with Gasteiger partial charge in [0, 0.05) is 17.9 Å². The van der Waals surface area contributed by atoms with Crippen molar-refractivity contribution in [2.75, 3.05) is 17.8 Å². The van der Waals surface area contributed by atoms with Gasteiger partial charge in [0.1, 0.15) is 0 Å². The van der Waals surface area contributed by atoms with Crippen molar-refractivity contribution in [2.45, 2.75) is 31.8 Å². The number of aromatic nitrogens is 1. The van der Waals surface area contributed by atoms with Crippen LogP contribution in [0.15, 0.2) is 51.8 Å². The molecule has 1 saturated heterocycles. The Morgan fingerprint density at radius 2 is 1.90 bits per heavy atom. The molecule has 1 aliphatic heterocycles. The molecule has 30 heavy (non-hydrogen) atoms. The van der Waals surface area contributed by atoms with E-state index in [9.17, 15) is 8.42 Å². The first-order valence-corrected chi connectivity index (χ1v) is 12.2. The average Bonchev–Trinajstić information content (AvgIpc) is 2.97. The van der Waals surface area contributed by atoms with Gasteiger partial charge in [-0.1, -0.05) is 37.6 Å². The number of nitrogens with zero attached hydrogens (tertiary/aromatic N) is 1. The first kappa shape index (κ1) is 21.4. The smallest absolute Gasteiger partial charge is 0.274 e. The van der Waals surface area contributed by atoms with Crippen LogP contribution in [0.25, 0.3) is 11.1 Å². The van der Waals surface area contributed by atoms with E-state index in [1.807, 2.05) is 4.57 Å². The van der Waals surface area contributed by atoms with Crippen molar-refractivity contribution >= 4 is 50.6 Å². The molecule has 0 amide bonds. The second-order valence-corrected chi connectivity index (χ2v) is 10.7. The Labute approximate surface area is 186 Å². The van der Waals surface area contributed by atoms with Crippen LogP contribution in [0.3, 0.4) is 0 Å². The SMILES string of the molecule is C[C@@H]1C[C@H](C)C[NH+](Cn2c(=S)oc3cc(S(=O)(=O)Nc4ccccc4Cl)ccc32)C1. The number of likely N-dealkylation sites (tertiary alicyclic amines) is 1. The fourth-order valence-electron chi connectivity index (χ4n) is 4.39. The first-order valence-electron chi connectivity index (χ1n) is 9.97. The van der Waals surface area contributed by atoms with Crippen LogP contribution < -0.4 is 9.62 Å². The molecule has 9 heteroatoms. The van der Waals surface area contributed by atoms with Gasteiger partial charge >= 0.3 is 0 Å². The summed E-state index contributed by atoms with van der Waals surface area (Å²) < 4.78 is 35.9. The van der Waals surface area contributed by atoms with Crippen molar-refractivity contribution in [1.29, 1.82) is 0 Å². The Morgan fingerprint density at radius 3 is 2.60 bits per heavy atom. The number of oxazole rings is 1. The van der Waals surface area contributed by atoms with Gasteiger partial charge in [-0.15, -0.1) is 0 Å². The monoisotopic (exact) mass is 466 g/mol. The van der Waals surface area contributed by atoms with Crippen LogP contribution in [0.2, 0.25) is 5.02 Å². The third kappa shape index (κ3) is 4.42. The van der Waals surface area contributed by atoms with Crippen LogP contribution in [0.5, 0.6) is 0 Å². The largest absolute Gasteiger partial charge is 0.429 e. The molecular weight excluding hydrogens is 442 g/mol. The van der Waals surface area contributed by atoms with Gasteiger partial charge < -0.3 is 9.32 Å². The van der Waals surface area contributed by atoms with E-state index in [-0.39, 0.29) is 4.90 Å². The van der Waals surface area contributed by atoms with E-state index in [2.05, 4.69) is 18.6 Å². The molecule has 0 spiro atoms. The Morgan fingerprint density at radius 1 is 1.20 bits per heavy atom. The molecule has 160 valence electrons. The lowest BCUT2D eigenvalue weighted by Gasteiger charge is -2.31. The molecule has 3 aromatic rings. The van der Waals surface area contributed by atoms with Crippen molar-refractivity contribution in [2.24, 2.45) is 11.8 Å². The third-order valence-corrected chi connectivity index (χ3v) is 7.53. The van der Waals surface area contributed by atoms with Crippen molar-refractivity contribution < 1.29 is 17.7 Å². The van der Waals surface area contributed by atoms with Gasteiger partial charge in [-0.3, -0.25) is 9.29 Å². The van der Waals surface area contributed by atoms with E-state index in [1.165, 1.54) is 17.4 Å². The van der Waals surface area contributed by atoms with Gasteiger partial charge in [0.2, 0.25) is 0 Å². The highest BCUT2D eigenvalue weighted by Crippen LogP contribution is 2.26. The number of benzene rings is 2. The standard InChI is InChI=1S/C21H24ClN3O3S2/c1-14-9-15(2)12-24(11-14)13-25-19-8-7-16(10-20(19)28-21(25)29)30(26,27)23-18-6-4-3-5-17(18)22/h3-8,10,14-15,23H,9,11-13H2,1-2H3/p+1/t14-,15+. The Kier molecular flexibility index (Phi) is 5.94. The van der Waals surface area contributed by atoms with Crippen molar-refractivity contribution in [3.05, 3.63) is 52.3 Å². The minimum Gasteiger partial charge on any atom is -0.429 e. The molecule has 0 bridgehead atoms. The second kappa shape index (κ2) is 8.34. The molecular formula is C21H25ClN3O3S2+. The number of quaternary nitrogens is 1. The summed E-state index contributed by atoms with van der Waals surface area (Å²) in [5, 5.41) is 0.332. The molecule has 1 aromatic heterocycles. The van der Waals surface area contributed by atoms with Gasteiger partial charge in [0.15, 0.2) is 12.3 Å². The fourth-order valence-corrected chi connectivity index (χ4v) is 5.97.